The summed E-state index contributed by atoms with van der Waals surface area (Å²) in [6.07, 6.45) is 12.2. The molecule has 0 N–H and O–H groups in total. The molecule has 1 aromatic rings. The Kier molecular flexibility index (Phi) is 3.03. The van der Waals surface area contributed by atoms with Crippen molar-refractivity contribution in [3.05, 3.63) is 59.6 Å². The Morgan fingerprint density at radius 2 is 2.32 bits per heavy atom. The fourth-order valence-electron chi connectivity index (χ4n) is 2.44. The van der Waals surface area contributed by atoms with Gasteiger partial charge in [-0.25, -0.2) is 4.99 Å². The predicted molar refractivity (Wildman–Crippen MR) is 78.8 cm³/mol. The fourth-order valence-corrected chi connectivity index (χ4v) is 2.44. The monoisotopic (exact) mass is 251 g/mol. The molecule has 0 saturated carbocycles. The number of amidine groups is 1. The topological polar surface area (TPSA) is 28.5 Å². The van der Waals surface area contributed by atoms with Crippen LogP contribution in [0.4, 0.5) is 0 Å². The number of hydrogen-bond acceptors (Lipinski definition) is 3. The van der Waals surface area contributed by atoms with E-state index in [2.05, 4.69) is 45.9 Å². The number of aliphatic imine (C=N–C) groups is 1. The molecule has 3 heteroatoms. The molecule has 3 rings (SSSR count). The Labute approximate surface area is 113 Å². The fraction of sp³-hybridized carbons (Fsp3) is 0.250. The molecule has 3 nitrogen and oxygen atoms in total. The van der Waals surface area contributed by atoms with Crippen LogP contribution in [0.3, 0.4) is 0 Å². The average molecular weight is 251 g/mol. The summed E-state index contributed by atoms with van der Waals surface area (Å²) in [6.45, 7) is 6.69. The first-order chi connectivity index (χ1) is 9.28. The lowest BCUT2D eigenvalue weighted by Gasteiger charge is -2.32. The van der Waals surface area contributed by atoms with E-state index in [1.54, 1.807) is 0 Å². The Balaban J connectivity index is 1.75. The number of nitrogens with zero attached hydrogens (tertiary/aromatic N) is 3. The SMILES string of the molecule is C=Cc1cc(C)ncc1CCC1=CC=CN2CN=C12. The molecule has 0 unspecified atom stereocenters. The molecule has 0 fully saturated rings. The number of pyridine rings is 1. The minimum atomic E-state index is 0.799. The molecule has 2 aliphatic rings. The molecule has 2 aliphatic heterocycles. The third-order valence-corrected chi connectivity index (χ3v) is 3.54. The van der Waals surface area contributed by atoms with Crippen molar-refractivity contribution in [3.63, 3.8) is 0 Å². The zero-order valence-electron chi connectivity index (χ0n) is 11.1. The molecule has 3 heterocycles. The van der Waals surface area contributed by atoms with E-state index in [1.165, 1.54) is 16.7 Å². The molecular formula is C16H17N3. The summed E-state index contributed by atoms with van der Waals surface area (Å²) in [6, 6.07) is 2.09. The summed E-state index contributed by atoms with van der Waals surface area (Å²) in [5.74, 6) is 1.13. The molecule has 0 radical (unpaired) electrons. The summed E-state index contributed by atoms with van der Waals surface area (Å²) >= 11 is 0. The normalized spacial score (nSPS) is 16.4. The van der Waals surface area contributed by atoms with Crippen molar-refractivity contribution in [2.45, 2.75) is 19.8 Å². The Bertz CT molecular complexity index is 608. The molecule has 0 spiro atoms. The van der Waals surface area contributed by atoms with Crippen LogP contribution in [0.2, 0.25) is 0 Å². The van der Waals surface area contributed by atoms with E-state index in [9.17, 15) is 0 Å². The van der Waals surface area contributed by atoms with Gasteiger partial charge in [0.1, 0.15) is 12.5 Å². The van der Waals surface area contributed by atoms with Gasteiger partial charge in [-0.15, -0.1) is 0 Å². The van der Waals surface area contributed by atoms with Gasteiger partial charge in [0.15, 0.2) is 0 Å². The van der Waals surface area contributed by atoms with Crippen molar-refractivity contribution in [2.24, 2.45) is 4.99 Å². The highest BCUT2D eigenvalue weighted by molar-refractivity contribution is 6.02. The first-order valence-corrected chi connectivity index (χ1v) is 6.55. The predicted octanol–water partition coefficient (Wildman–Crippen LogP) is 3.09. The summed E-state index contributed by atoms with van der Waals surface area (Å²) < 4.78 is 0. The first kappa shape index (κ1) is 11.9. The Morgan fingerprint density at radius 1 is 1.42 bits per heavy atom. The van der Waals surface area contributed by atoms with Crippen molar-refractivity contribution in [1.82, 2.24) is 9.88 Å². The lowest BCUT2D eigenvalue weighted by atomic mass is 9.98. The van der Waals surface area contributed by atoms with Crippen LogP contribution in [0.1, 0.15) is 23.2 Å². The van der Waals surface area contributed by atoms with E-state index in [1.807, 2.05) is 19.2 Å². The van der Waals surface area contributed by atoms with Gasteiger partial charge in [-0.1, -0.05) is 18.7 Å². The van der Waals surface area contributed by atoms with Crippen LogP contribution in [0.15, 0.2) is 47.8 Å². The van der Waals surface area contributed by atoms with Crippen LogP contribution in [0.5, 0.6) is 0 Å². The average Bonchev–Trinajstić information content (AvgIpc) is 2.39. The van der Waals surface area contributed by atoms with Gasteiger partial charge in [-0.2, -0.15) is 0 Å². The zero-order valence-corrected chi connectivity index (χ0v) is 11.1. The summed E-state index contributed by atoms with van der Waals surface area (Å²) in [5.41, 5.74) is 4.78. The summed E-state index contributed by atoms with van der Waals surface area (Å²) in [5, 5.41) is 0. The standard InChI is InChI=1S/C16H17N3/c1-3-13-9-12(2)17-10-15(13)7-6-14-5-4-8-19-11-18-16(14)19/h3-5,8-10H,1,6-7,11H2,2H3. The first-order valence-electron chi connectivity index (χ1n) is 6.55. The van der Waals surface area contributed by atoms with E-state index < -0.39 is 0 Å². The van der Waals surface area contributed by atoms with Crippen LogP contribution in [-0.2, 0) is 6.42 Å². The van der Waals surface area contributed by atoms with Gasteiger partial charge < -0.3 is 4.90 Å². The number of allylic oxidation sites excluding steroid dienone is 2. The lowest BCUT2D eigenvalue weighted by Crippen LogP contribution is -2.38. The second kappa shape index (κ2) is 4.84. The highest BCUT2D eigenvalue weighted by atomic mass is 15.3. The second-order valence-corrected chi connectivity index (χ2v) is 4.85. The minimum Gasteiger partial charge on any atom is -0.313 e. The Hall–Kier alpha value is -2.16. The maximum Gasteiger partial charge on any atom is 0.134 e. The quantitative estimate of drug-likeness (QED) is 0.822. The van der Waals surface area contributed by atoms with E-state index in [0.717, 1.165) is 31.0 Å². The maximum absolute atomic E-state index is 4.43. The molecule has 0 bridgehead atoms. The number of fused-ring (bicyclic) bond motifs is 1. The van der Waals surface area contributed by atoms with Crippen molar-refractivity contribution in [2.75, 3.05) is 6.67 Å². The van der Waals surface area contributed by atoms with Crippen LogP contribution in [0.25, 0.3) is 6.08 Å². The van der Waals surface area contributed by atoms with Gasteiger partial charge in [0.2, 0.25) is 0 Å². The number of aromatic nitrogens is 1. The molecule has 19 heavy (non-hydrogen) atoms. The largest absolute Gasteiger partial charge is 0.313 e. The molecule has 1 aromatic heterocycles. The minimum absolute atomic E-state index is 0.799. The highest BCUT2D eigenvalue weighted by Crippen LogP contribution is 2.23. The molecule has 0 aliphatic carbocycles. The molecule has 0 aromatic carbocycles. The zero-order chi connectivity index (χ0) is 13.2. The van der Waals surface area contributed by atoms with Gasteiger partial charge in [0, 0.05) is 18.1 Å². The van der Waals surface area contributed by atoms with Crippen LogP contribution < -0.4 is 0 Å². The number of hydrogen-bond donors (Lipinski definition) is 0. The third-order valence-electron chi connectivity index (χ3n) is 3.54. The van der Waals surface area contributed by atoms with E-state index >= 15 is 0 Å². The molecule has 0 amide bonds. The van der Waals surface area contributed by atoms with Gasteiger partial charge in [-0.3, -0.25) is 4.98 Å². The molecular weight excluding hydrogens is 234 g/mol. The van der Waals surface area contributed by atoms with Crippen molar-refractivity contribution in [1.29, 1.82) is 0 Å². The van der Waals surface area contributed by atoms with Crippen LogP contribution >= 0.6 is 0 Å². The lowest BCUT2D eigenvalue weighted by molar-refractivity contribution is 0.503. The van der Waals surface area contributed by atoms with Gasteiger partial charge >= 0.3 is 0 Å². The van der Waals surface area contributed by atoms with Gasteiger partial charge in [-0.05, 0) is 48.6 Å². The van der Waals surface area contributed by atoms with Crippen molar-refractivity contribution >= 4 is 11.9 Å². The highest BCUT2D eigenvalue weighted by Gasteiger charge is 2.22. The van der Waals surface area contributed by atoms with E-state index in [-0.39, 0.29) is 0 Å². The smallest absolute Gasteiger partial charge is 0.134 e. The van der Waals surface area contributed by atoms with E-state index in [4.69, 9.17) is 0 Å². The van der Waals surface area contributed by atoms with Crippen molar-refractivity contribution in [3.8, 4) is 0 Å². The maximum atomic E-state index is 4.43. The molecule has 0 atom stereocenters. The molecule has 0 saturated heterocycles. The van der Waals surface area contributed by atoms with Crippen molar-refractivity contribution < 1.29 is 0 Å². The van der Waals surface area contributed by atoms with Crippen LogP contribution in [-0.4, -0.2) is 22.4 Å². The van der Waals surface area contributed by atoms with Gasteiger partial charge in [0.25, 0.3) is 0 Å². The van der Waals surface area contributed by atoms with Gasteiger partial charge in [0.05, 0.1) is 0 Å². The third kappa shape index (κ3) is 2.24. The summed E-state index contributed by atoms with van der Waals surface area (Å²) in [4.78, 5) is 11.0. The molecule has 96 valence electrons. The summed E-state index contributed by atoms with van der Waals surface area (Å²) in [7, 11) is 0. The Morgan fingerprint density at radius 3 is 3.05 bits per heavy atom. The number of rotatable bonds is 4. The second-order valence-electron chi connectivity index (χ2n) is 4.85. The van der Waals surface area contributed by atoms with E-state index in [0.29, 0.717) is 0 Å². The van der Waals surface area contributed by atoms with Crippen LogP contribution in [0, 0.1) is 6.92 Å². The number of aryl methyl sites for hydroxylation is 2.